The van der Waals surface area contributed by atoms with Crippen molar-refractivity contribution in [3.8, 4) is 0 Å². The minimum absolute atomic E-state index is 0.0735. The molecule has 6 nitrogen and oxygen atoms in total. The molecule has 0 N–H and O–H groups in total. The average Bonchev–Trinajstić information content (AvgIpc) is 3.49. The summed E-state index contributed by atoms with van der Waals surface area (Å²) in [7, 11) is 0. The number of unbranched alkanes of at least 4 members (excludes halogenated alkanes) is 50. The molecule has 83 heavy (non-hydrogen) atoms. The van der Waals surface area contributed by atoms with Crippen molar-refractivity contribution in [1.82, 2.24) is 0 Å². The van der Waals surface area contributed by atoms with Crippen LogP contribution in [0, 0.1) is 0 Å². The first-order valence-electron chi connectivity index (χ1n) is 37.1. The number of hydrogen-bond donors (Lipinski definition) is 0. The Bertz CT molecular complexity index is 1430. The van der Waals surface area contributed by atoms with Gasteiger partial charge in [-0.2, -0.15) is 0 Å². The highest BCUT2D eigenvalue weighted by Crippen LogP contribution is 2.19. The van der Waals surface area contributed by atoms with Crippen LogP contribution < -0.4 is 0 Å². The predicted molar refractivity (Wildman–Crippen MR) is 362 cm³/mol. The van der Waals surface area contributed by atoms with Crippen LogP contribution in [0.1, 0.15) is 406 Å². The molecule has 0 heterocycles. The Morgan fingerprint density at radius 3 is 0.747 bits per heavy atom. The van der Waals surface area contributed by atoms with Crippen LogP contribution in [0.25, 0.3) is 0 Å². The van der Waals surface area contributed by atoms with E-state index in [0.717, 1.165) is 96.3 Å². The molecular weight excluding hydrogens is 1020 g/mol. The van der Waals surface area contributed by atoms with Gasteiger partial charge in [-0.05, 0) is 77.0 Å². The first-order chi connectivity index (χ1) is 41.0. The lowest BCUT2D eigenvalue weighted by Crippen LogP contribution is -2.30. The minimum atomic E-state index is -0.779. The van der Waals surface area contributed by atoms with Gasteiger partial charge in [-0.25, -0.2) is 0 Å². The first-order valence-corrected chi connectivity index (χ1v) is 37.1. The fraction of sp³-hybridized carbons (Fsp3) is 0.857. The molecule has 1 atom stereocenters. The normalized spacial score (nSPS) is 12.3. The van der Waals surface area contributed by atoms with E-state index in [9.17, 15) is 14.4 Å². The number of hydrogen-bond acceptors (Lipinski definition) is 6. The summed E-state index contributed by atoms with van der Waals surface area (Å²) in [5, 5.41) is 0. The number of carbonyl (C=O) groups excluding carboxylic acids is 3. The molecule has 0 spiro atoms. The molecule has 486 valence electrons. The van der Waals surface area contributed by atoms with Gasteiger partial charge in [-0.1, -0.05) is 358 Å². The molecule has 0 aromatic carbocycles. The van der Waals surface area contributed by atoms with Crippen molar-refractivity contribution >= 4 is 17.9 Å². The van der Waals surface area contributed by atoms with Crippen molar-refractivity contribution in [2.75, 3.05) is 13.2 Å². The van der Waals surface area contributed by atoms with E-state index >= 15 is 0 Å². The van der Waals surface area contributed by atoms with Crippen LogP contribution in [-0.2, 0) is 28.6 Å². The lowest BCUT2D eigenvalue weighted by Gasteiger charge is -2.18. The average molecular weight is 1160 g/mol. The standard InChI is InChI=1S/C77H142O6/c1-4-7-10-13-16-19-22-25-28-30-32-34-35-36-37-38-39-40-41-43-44-46-49-52-55-58-61-64-67-70-76(79)82-73-74(72-81-75(78)69-66-63-60-57-54-51-48-27-24-21-18-15-12-9-6-3)83-77(80)71-68-65-62-59-56-53-50-47-45-42-33-31-29-26-23-20-17-14-11-8-5-2/h9,12,18,21,27,30,32,48,74H,4-8,10-11,13-17,19-20,22-26,28-29,31,33-47,49-73H2,1-3H3/b12-9-,21-18-,32-30-,48-27-. The molecule has 0 amide bonds. The van der Waals surface area contributed by atoms with Crippen molar-refractivity contribution in [3.05, 3.63) is 48.6 Å². The van der Waals surface area contributed by atoms with Gasteiger partial charge in [0.05, 0.1) is 0 Å². The van der Waals surface area contributed by atoms with Gasteiger partial charge in [0.25, 0.3) is 0 Å². The Morgan fingerprint density at radius 2 is 0.470 bits per heavy atom. The zero-order valence-corrected chi connectivity index (χ0v) is 56.0. The van der Waals surface area contributed by atoms with Crippen molar-refractivity contribution in [2.45, 2.75) is 412 Å². The fourth-order valence-electron chi connectivity index (χ4n) is 11.3. The first kappa shape index (κ1) is 80.4. The molecule has 0 saturated carbocycles. The summed E-state index contributed by atoms with van der Waals surface area (Å²) in [5.74, 6) is -0.861. The topological polar surface area (TPSA) is 78.9 Å². The second-order valence-corrected chi connectivity index (χ2v) is 25.2. The summed E-state index contributed by atoms with van der Waals surface area (Å²) in [6, 6.07) is 0. The van der Waals surface area contributed by atoms with E-state index < -0.39 is 6.10 Å². The Balaban J connectivity index is 4.22. The van der Waals surface area contributed by atoms with Gasteiger partial charge in [0.1, 0.15) is 13.2 Å². The van der Waals surface area contributed by atoms with Gasteiger partial charge in [-0.3, -0.25) is 14.4 Å². The molecule has 0 saturated heterocycles. The van der Waals surface area contributed by atoms with Crippen molar-refractivity contribution < 1.29 is 28.6 Å². The molecule has 0 aliphatic rings. The van der Waals surface area contributed by atoms with Gasteiger partial charge < -0.3 is 14.2 Å². The smallest absolute Gasteiger partial charge is 0.306 e. The highest BCUT2D eigenvalue weighted by atomic mass is 16.6. The van der Waals surface area contributed by atoms with Crippen LogP contribution in [0.15, 0.2) is 48.6 Å². The molecule has 0 fully saturated rings. The van der Waals surface area contributed by atoms with E-state index in [1.807, 2.05) is 0 Å². The molecule has 0 aliphatic heterocycles. The minimum Gasteiger partial charge on any atom is -0.462 e. The van der Waals surface area contributed by atoms with Crippen LogP contribution in [0.2, 0.25) is 0 Å². The summed E-state index contributed by atoms with van der Waals surface area (Å²) in [6.07, 6.45) is 91.6. The van der Waals surface area contributed by atoms with Gasteiger partial charge in [0, 0.05) is 19.3 Å². The van der Waals surface area contributed by atoms with E-state index in [1.54, 1.807) is 0 Å². The van der Waals surface area contributed by atoms with E-state index in [-0.39, 0.29) is 31.1 Å². The van der Waals surface area contributed by atoms with Crippen molar-refractivity contribution in [1.29, 1.82) is 0 Å². The third-order valence-corrected chi connectivity index (χ3v) is 16.8. The molecule has 0 radical (unpaired) electrons. The number of ether oxygens (including phenoxy) is 3. The van der Waals surface area contributed by atoms with Crippen molar-refractivity contribution in [3.63, 3.8) is 0 Å². The predicted octanol–water partition coefficient (Wildman–Crippen LogP) is 25.7. The monoisotopic (exact) mass is 1160 g/mol. The zero-order valence-electron chi connectivity index (χ0n) is 56.0. The van der Waals surface area contributed by atoms with E-state index in [1.165, 1.54) is 270 Å². The molecule has 1 unspecified atom stereocenters. The van der Waals surface area contributed by atoms with Crippen LogP contribution >= 0.6 is 0 Å². The molecular formula is C77H142O6. The quantitative estimate of drug-likeness (QED) is 0.0261. The molecule has 0 rings (SSSR count). The van der Waals surface area contributed by atoms with Crippen LogP contribution in [0.3, 0.4) is 0 Å². The maximum atomic E-state index is 13.0. The van der Waals surface area contributed by atoms with E-state index in [0.29, 0.717) is 19.3 Å². The summed E-state index contributed by atoms with van der Waals surface area (Å²) in [4.78, 5) is 38.5. The maximum Gasteiger partial charge on any atom is 0.306 e. The highest BCUT2D eigenvalue weighted by molar-refractivity contribution is 5.71. The Morgan fingerprint density at radius 1 is 0.253 bits per heavy atom. The second kappa shape index (κ2) is 71.8. The lowest BCUT2D eigenvalue weighted by atomic mass is 10.0. The van der Waals surface area contributed by atoms with Gasteiger partial charge in [0.15, 0.2) is 6.10 Å². The lowest BCUT2D eigenvalue weighted by molar-refractivity contribution is -0.167. The number of allylic oxidation sites excluding steroid dienone is 8. The van der Waals surface area contributed by atoms with Crippen LogP contribution in [-0.4, -0.2) is 37.2 Å². The van der Waals surface area contributed by atoms with Gasteiger partial charge in [0.2, 0.25) is 0 Å². The van der Waals surface area contributed by atoms with E-state index in [2.05, 4.69) is 69.4 Å². The second-order valence-electron chi connectivity index (χ2n) is 25.2. The molecule has 0 aromatic heterocycles. The largest absolute Gasteiger partial charge is 0.462 e. The third-order valence-electron chi connectivity index (χ3n) is 16.8. The molecule has 0 bridgehead atoms. The third kappa shape index (κ3) is 70.0. The maximum absolute atomic E-state index is 13.0. The molecule has 6 heteroatoms. The summed E-state index contributed by atoms with van der Waals surface area (Å²) in [5.41, 5.74) is 0. The zero-order chi connectivity index (χ0) is 59.9. The van der Waals surface area contributed by atoms with Crippen molar-refractivity contribution in [2.24, 2.45) is 0 Å². The fourth-order valence-corrected chi connectivity index (χ4v) is 11.3. The number of rotatable bonds is 69. The molecule has 0 aliphatic carbocycles. The Kier molecular flexibility index (Phi) is 69.6. The summed E-state index contributed by atoms with van der Waals surface area (Å²) >= 11 is 0. The molecule has 0 aromatic rings. The van der Waals surface area contributed by atoms with Crippen LogP contribution in [0.4, 0.5) is 0 Å². The van der Waals surface area contributed by atoms with Gasteiger partial charge >= 0.3 is 17.9 Å². The SMILES string of the molecule is CC/C=C\C/C=C\C/C=C\CCCCCCCC(=O)OCC(COC(=O)CCCCCCCCCCCCCCCCCCC/C=C\CCCCCCCCCC)OC(=O)CCCCCCCCCCCCCCCCCCCCCCC. The number of carbonyl (C=O) groups is 3. The summed E-state index contributed by atoms with van der Waals surface area (Å²) < 4.78 is 17.0. The Labute approximate surface area is 518 Å². The van der Waals surface area contributed by atoms with Gasteiger partial charge in [-0.15, -0.1) is 0 Å². The number of esters is 3. The van der Waals surface area contributed by atoms with E-state index in [4.69, 9.17) is 14.2 Å². The highest BCUT2D eigenvalue weighted by Gasteiger charge is 2.19. The Hall–Kier alpha value is -2.63. The van der Waals surface area contributed by atoms with Crippen LogP contribution in [0.5, 0.6) is 0 Å². The summed E-state index contributed by atoms with van der Waals surface area (Å²) in [6.45, 7) is 6.59.